The van der Waals surface area contributed by atoms with Crippen LogP contribution in [0, 0.1) is 5.82 Å². The second kappa shape index (κ2) is 6.13. The predicted molar refractivity (Wildman–Crippen MR) is 71.4 cm³/mol. The molecular formula is C15H13F4NO. The first kappa shape index (κ1) is 15.3. The molecule has 0 radical (unpaired) electrons. The number of hydrogen-bond donors (Lipinski definition) is 1. The highest BCUT2D eigenvalue weighted by Crippen LogP contribution is 2.39. The van der Waals surface area contributed by atoms with Gasteiger partial charge in [-0.25, -0.2) is 4.39 Å². The normalized spacial score (nSPS) is 11.5. The van der Waals surface area contributed by atoms with Crippen LogP contribution in [0.5, 0.6) is 5.75 Å². The predicted octanol–water partition coefficient (Wildman–Crippen LogP) is 3.85. The highest BCUT2D eigenvalue weighted by molar-refractivity contribution is 5.69. The van der Waals surface area contributed by atoms with Gasteiger partial charge in [0.1, 0.15) is 18.2 Å². The molecule has 0 unspecified atom stereocenters. The van der Waals surface area contributed by atoms with E-state index >= 15 is 0 Å². The number of halogens is 4. The highest BCUT2D eigenvalue weighted by Gasteiger charge is 2.34. The largest absolute Gasteiger partial charge is 0.492 e. The molecule has 0 amide bonds. The lowest BCUT2D eigenvalue weighted by Crippen LogP contribution is -2.12. The van der Waals surface area contributed by atoms with Crippen molar-refractivity contribution < 1.29 is 22.3 Å². The third-order valence-corrected chi connectivity index (χ3v) is 2.84. The fourth-order valence-electron chi connectivity index (χ4n) is 1.91. The maximum absolute atomic E-state index is 13.2. The van der Waals surface area contributed by atoms with Gasteiger partial charge in [-0.2, -0.15) is 13.2 Å². The summed E-state index contributed by atoms with van der Waals surface area (Å²) in [4.78, 5) is 0. The molecule has 21 heavy (non-hydrogen) atoms. The molecule has 2 nitrogen and oxygen atoms in total. The first-order valence-electron chi connectivity index (χ1n) is 6.22. The molecule has 0 spiro atoms. The third kappa shape index (κ3) is 3.72. The van der Waals surface area contributed by atoms with Gasteiger partial charge in [0.15, 0.2) is 0 Å². The monoisotopic (exact) mass is 299 g/mol. The van der Waals surface area contributed by atoms with Crippen molar-refractivity contribution in [1.29, 1.82) is 0 Å². The number of alkyl halides is 3. The molecule has 2 aromatic carbocycles. The van der Waals surface area contributed by atoms with E-state index in [2.05, 4.69) is 0 Å². The maximum Gasteiger partial charge on any atom is 0.417 e. The minimum Gasteiger partial charge on any atom is -0.492 e. The number of hydrogen-bond acceptors (Lipinski definition) is 2. The van der Waals surface area contributed by atoms with Gasteiger partial charge in [0, 0.05) is 6.54 Å². The molecule has 6 heteroatoms. The van der Waals surface area contributed by atoms with Crippen LogP contribution in [0.4, 0.5) is 17.6 Å². The number of ether oxygens (including phenoxy) is 1. The van der Waals surface area contributed by atoms with Crippen LogP contribution in [0.2, 0.25) is 0 Å². The van der Waals surface area contributed by atoms with Crippen LogP contribution in [-0.4, -0.2) is 13.2 Å². The smallest absolute Gasteiger partial charge is 0.417 e. The molecule has 0 aliphatic carbocycles. The molecule has 2 aromatic rings. The molecule has 0 saturated heterocycles. The zero-order chi connectivity index (χ0) is 15.5. The quantitative estimate of drug-likeness (QED) is 0.870. The molecule has 0 aromatic heterocycles. The Morgan fingerprint density at radius 3 is 2.24 bits per heavy atom. The minimum absolute atomic E-state index is 0.0254. The summed E-state index contributed by atoms with van der Waals surface area (Å²) in [6.45, 7) is 0.342. The lowest BCUT2D eigenvalue weighted by Gasteiger charge is -2.15. The van der Waals surface area contributed by atoms with E-state index in [1.807, 2.05) is 0 Å². The van der Waals surface area contributed by atoms with Crippen molar-refractivity contribution in [2.75, 3.05) is 13.2 Å². The van der Waals surface area contributed by atoms with E-state index in [9.17, 15) is 17.6 Å². The number of benzene rings is 2. The average Bonchev–Trinajstić information content (AvgIpc) is 2.45. The summed E-state index contributed by atoms with van der Waals surface area (Å²) in [6, 6.07) is 8.52. The van der Waals surface area contributed by atoms with Crippen molar-refractivity contribution in [2.24, 2.45) is 5.73 Å². The van der Waals surface area contributed by atoms with Crippen LogP contribution in [0.15, 0.2) is 42.5 Å². The third-order valence-electron chi connectivity index (χ3n) is 2.84. The summed E-state index contributed by atoms with van der Waals surface area (Å²) < 4.78 is 57.5. The molecule has 0 aliphatic heterocycles. The van der Waals surface area contributed by atoms with Gasteiger partial charge in [0.2, 0.25) is 0 Å². The summed E-state index contributed by atoms with van der Waals surface area (Å²) in [6.07, 6.45) is -4.54. The van der Waals surface area contributed by atoms with Crippen LogP contribution in [0.25, 0.3) is 11.1 Å². The van der Waals surface area contributed by atoms with E-state index in [0.717, 1.165) is 18.2 Å². The van der Waals surface area contributed by atoms with E-state index in [1.54, 1.807) is 0 Å². The molecule has 0 aliphatic rings. The van der Waals surface area contributed by atoms with Crippen molar-refractivity contribution in [3.05, 3.63) is 53.8 Å². The van der Waals surface area contributed by atoms with E-state index in [1.165, 1.54) is 24.3 Å². The van der Waals surface area contributed by atoms with Gasteiger partial charge in [0.05, 0.1) is 5.56 Å². The highest BCUT2D eigenvalue weighted by atomic mass is 19.4. The molecule has 0 atom stereocenters. The molecule has 112 valence electrons. The molecule has 0 heterocycles. The zero-order valence-electron chi connectivity index (χ0n) is 11.0. The first-order valence-corrected chi connectivity index (χ1v) is 6.22. The van der Waals surface area contributed by atoms with Gasteiger partial charge in [-0.1, -0.05) is 18.2 Å². The summed E-state index contributed by atoms with van der Waals surface area (Å²) in [5.41, 5.74) is 4.68. The fourth-order valence-corrected chi connectivity index (χ4v) is 1.91. The number of nitrogens with two attached hydrogens (primary N) is 1. The molecule has 2 rings (SSSR count). The summed E-state index contributed by atoms with van der Waals surface area (Å²) in [5.74, 6) is -0.408. The zero-order valence-corrected chi connectivity index (χ0v) is 11.0. The molecular weight excluding hydrogens is 286 g/mol. The van der Waals surface area contributed by atoms with Gasteiger partial charge in [-0.3, -0.25) is 0 Å². The van der Waals surface area contributed by atoms with Crippen molar-refractivity contribution in [1.82, 2.24) is 0 Å². The van der Waals surface area contributed by atoms with E-state index in [0.29, 0.717) is 0 Å². The van der Waals surface area contributed by atoms with Crippen LogP contribution in [0.1, 0.15) is 5.56 Å². The average molecular weight is 299 g/mol. The van der Waals surface area contributed by atoms with E-state index in [4.69, 9.17) is 10.5 Å². The lowest BCUT2D eigenvalue weighted by atomic mass is 9.99. The minimum atomic E-state index is -4.54. The molecule has 0 saturated carbocycles. The Morgan fingerprint density at radius 2 is 1.67 bits per heavy atom. The Morgan fingerprint density at radius 1 is 1.00 bits per heavy atom. The van der Waals surface area contributed by atoms with Crippen molar-refractivity contribution in [3.63, 3.8) is 0 Å². The van der Waals surface area contributed by atoms with Crippen LogP contribution >= 0.6 is 0 Å². The lowest BCUT2D eigenvalue weighted by molar-refractivity contribution is -0.137. The van der Waals surface area contributed by atoms with Gasteiger partial charge in [0.25, 0.3) is 0 Å². The van der Waals surface area contributed by atoms with Gasteiger partial charge in [-0.15, -0.1) is 0 Å². The fraction of sp³-hybridized carbons (Fsp3) is 0.200. The van der Waals surface area contributed by atoms with Crippen molar-refractivity contribution in [2.45, 2.75) is 6.18 Å². The van der Waals surface area contributed by atoms with E-state index in [-0.39, 0.29) is 30.0 Å². The second-order valence-electron chi connectivity index (χ2n) is 4.35. The number of rotatable bonds is 4. The molecule has 0 fully saturated rings. The van der Waals surface area contributed by atoms with Gasteiger partial charge in [-0.05, 0) is 35.4 Å². The van der Waals surface area contributed by atoms with Crippen molar-refractivity contribution in [3.8, 4) is 16.9 Å². The Kier molecular flexibility index (Phi) is 4.47. The topological polar surface area (TPSA) is 35.2 Å². The van der Waals surface area contributed by atoms with Gasteiger partial charge < -0.3 is 10.5 Å². The summed E-state index contributed by atoms with van der Waals surface area (Å²) in [5, 5.41) is 0. The Balaban J connectivity index is 2.47. The standard InChI is InChI=1S/C15H13F4NO/c16-11-3-1-10(2-4-11)13-6-5-12(21-8-7-20)9-14(13)15(17,18)19/h1-6,9H,7-8,20H2. The summed E-state index contributed by atoms with van der Waals surface area (Å²) >= 11 is 0. The Labute approximate surface area is 119 Å². The first-order chi connectivity index (χ1) is 9.91. The van der Waals surface area contributed by atoms with Crippen molar-refractivity contribution >= 4 is 0 Å². The summed E-state index contributed by atoms with van der Waals surface area (Å²) in [7, 11) is 0. The SMILES string of the molecule is NCCOc1ccc(-c2ccc(F)cc2)c(C(F)(F)F)c1. The van der Waals surface area contributed by atoms with Crippen LogP contribution < -0.4 is 10.5 Å². The Bertz CT molecular complexity index is 608. The Hall–Kier alpha value is -2.08. The van der Waals surface area contributed by atoms with E-state index < -0.39 is 17.6 Å². The van der Waals surface area contributed by atoms with Gasteiger partial charge >= 0.3 is 6.18 Å². The molecule has 2 N–H and O–H groups in total. The van der Waals surface area contributed by atoms with Crippen LogP contribution in [-0.2, 0) is 6.18 Å². The van der Waals surface area contributed by atoms with Crippen LogP contribution in [0.3, 0.4) is 0 Å². The second-order valence-corrected chi connectivity index (χ2v) is 4.35. The maximum atomic E-state index is 13.2. The molecule has 0 bridgehead atoms.